The van der Waals surface area contributed by atoms with Crippen molar-refractivity contribution in [3.63, 3.8) is 0 Å². The van der Waals surface area contributed by atoms with Gasteiger partial charge >= 0.3 is 24.0 Å². The number of carboxylic acids is 1. The molecule has 2 unspecified atom stereocenters. The second kappa shape index (κ2) is 5.17. The van der Waals surface area contributed by atoms with Gasteiger partial charge in [0, 0.05) is 6.04 Å². The third-order valence-corrected chi connectivity index (χ3v) is 3.64. The zero-order chi connectivity index (χ0) is 15.8. The Bertz CT molecular complexity index is 409. The summed E-state index contributed by atoms with van der Waals surface area (Å²) in [4.78, 5) is 22.3. The number of hydrogen-bond acceptors (Lipinski definition) is 2. The Morgan fingerprint density at radius 2 is 1.75 bits per heavy atom. The van der Waals surface area contributed by atoms with E-state index in [1.165, 1.54) is 6.92 Å². The van der Waals surface area contributed by atoms with E-state index >= 15 is 0 Å². The maximum atomic E-state index is 12.8. The summed E-state index contributed by atoms with van der Waals surface area (Å²) in [5, 5.41) is 10.6. The highest BCUT2D eigenvalue weighted by atomic mass is 19.4. The lowest BCUT2D eigenvalue weighted by Gasteiger charge is -2.38. The smallest absolute Gasteiger partial charge is 0.463 e. The number of carboxylic acid groups (broad SMARTS) is 1. The standard InChI is InChI=1S/C11H14F5NO3/c1-9(8(19)20)5-3-2-4-6(9)17-7(18)10(12,13)11(14,15)16/h6H,2-5H2,1H3,(H,17,18)(H,19,20). The molecular weight excluding hydrogens is 289 g/mol. The van der Waals surface area contributed by atoms with E-state index in [0.29, 0.717) is 12.8 Å². The van der Waals surface area contributed by atoms with Crippen LogP contribution in [0.5, 0.6) is 0 Å². The number of alkyl halides is 5. The van der Waals surface area contributed by atoms with Crippen molar-refractivity contribution in [3.05, 3.63) is 0 Å². The molecule has 0 aromatic rings. The van der Waals surface area contributed by atoms with Gasteiger partial charge in [-0.15, -0.1) is 0 Å². The molecule has 1 amide bonds. The summed E-state index contributed by atoms with van der Waals surface area (Å²) in [5.41, 5.74) is -1.55. The number of carbonyl (C=O) groups excluding carboxylic acids is 1. The zero-order valence-electron chi connectivity index (χ0n) is 10.6. The predicted molar refractivity (Wildman–Crippen MR) is 57.1 cm³/mol. The lowest BCUT2D eigenvalue weighted by atomic mass is 9.71. The SMILES string of the molecule is CC1(C(=O)O)CCCCC1NC(=O)C(F)(F)C(F)(F)F. The molecule has 1 fully saturated rings. The van der Waals surface area contributed by atoms with Gasteiger partial charge in [-0.05, 0) is 19.8 Å². The van der Waals surface area contributed by atoms with Crippen molar-refractivity contribution >= 4 is 11.9 Å². The monoisotopic (exact) mass is 303 g/mol. The molecule has 1 rings (SSSR count). The Kier molecular flexibility index (Phi) is 4.31. The van der Waals surface area contributed by atoms with Crippen LogP contribution in [-0.4, -0.2) is 35.1 Å². The van der Waals surface area contributed by atoms with Crippen LogP contribution in [0.1, 0.15) is 32.6 Å². The fourth-order valence-corrected chi connectivity index (χ4v) is 2.20. The fourth-order valence-electron chi connectivity index (χ4n) is 2.20. The molecule has 0 aromatic carbocycles. The first kappa shape index (κ1) is 16.6. The number of nitrogens with one attached hydrogen (secondary N) is 1. The van der Waals surface area contributed by atoms with Crippen LogP contribution in [0.15, 0.2) is 0 Å². The predicted octanol–water partition coefficient (Wildman–Crippen LogP) is 2.33. The molecule has 0 aliphatic heterocycles. The minimum atomic E-state index is -6.01. The van der Waals surface area contributed by atoms with Gasteiger partial charge in [0.2, 0.25) is 0 Å². The van der Waals surface area contributed by atoms with Crippen LogP contribution in [-0.2, 0) is 9.59 Å². The molecule has 1 saturated carbocycles. The Balaban J connectivity index is 2.91. The highest BCUT2D eigenvalue weighted by Crippen LogP contribution is 2.39. The highest BCUT2D eigenvalue weighted by Gasteiger charge is 2.64. The van der Waals surface area contributed by atoms with E-state index in [0.717, 1.165) is 0 Å². The van der Waals surface area contributed by atoms with Crippen LogP contribution >= 0.6 is 0 Å². The molecule has 20 heavy (non-hydrogen) atoms. The molecule has 4 nitrogen and oxygen atoms in total. The Hall–Kier alpha value is -1.41. The van der Waals surface area contributed by atoms with Gasteiger partial charge in [-0.3, -0.25) is 9.59 Å². The summed E-state index contributed by atoms with van der Waals surface area (Å²) in [5.74, 6) is -9.38. The van der Waals surface area contributed by atoms with Crippen LogP contribution in [0, 0.1) is 5.41 Å². The maximum Gasteiger partial charge on any atom is 0.463 e. The summed E-state index contributed by atoms with van der Waals surface area (Å²) in [6, 6.07) is -1.26. The molecule has 116 valence electrons. The molecule has 0 bridgehead atoms. The second-order valence-corrected chi connectivity index (χ2v) is 5.07. The molecule has 2 N–H and O–H groups in total. The summed E-state index contributed by atoms with van der Waals surface area (Å²) in [6.45, 7) is 1.23. The van der Waals surface area contributed by atoms with Gasteiger partial charge in [-0.25, -0.2) is 0 Å². The number of amides is 1. The van der Waals surface area contributed by atoms with Gasteiger partial charge in [0.05, 0.1) is 5.41 Å². The quantitative estimate of drug-likeness (QED) is 0.786. The normalized spacial score (nSPS) is 28.0. The minimum absolute atomic E-state index is 0.0441. The van der Waals surface area contributed by atoms with Crippen molar-refractivity contribution in [1.82, 2.24) is 5.32 Å². The largest absolute Gasteiger partial charge is 0.481 e. The number of carbonyl (C=O) groups is 2. The molecule has 0 aromatic heterocycles. The average Bonchev–Trinajstić information content (AvgIpc) is 2.30. The molecule has 0 radical (unpaired) electrons. The fraction of sp³-hybridized carbons (Fsp3) is 0.818. The number of halogens is 5. The van der Waals surface area contributed by atoms with Gasteiger partial charge < -0.3 is 10.4 Å². The van der Waals surface area contributed by atoms with E-state index in [2.05, 4.69) is 0 Å². The van der Waals surface area contributed by atoms with Crippen LogP contribution in [0.25, 0.3) is 0 Å². The molecule has 1 aliphatic carbocycles. The first-order valence-electron chi connectivity index (χ1n) is 5.92. The van der Waals surface area contributed by atoms with Crippen molar-refractivity contribution < 1.29 is 36.6 Å². The maximum absolute atomic E-state index is 12.8. The molecule has 0 heterocycles. The molecule has 0 spiro atoms. The van der Waals surface area contributed by atoms with E-state index < -0.39 is 35.4 Å². The topological polar surface area (TPSA) is 66.4 Å². The van der Waals surface area contributed by atoms with Gasteiger partial charge in [0.15, 0.2) is 0 Å². The van der Waals surface area contributed by atoms with E-state index in [4.69, 9.17) is 5.11 Å². The number of rotatable bonds is 3. The first-order valence-corrected chi connectivity index (χ1v) is 5.92. The van der Waals surface area contributed by atoms with Crippen molar-refractivity contribution in [1.29, 1.82) is 0 Å². The first-order chi connectivity index (χ1) is 8.93. The molecule has 0 saturated heterocycles. The van der Waals surface area contributed by atoms with Crippen LogP contribution < -0.4 is 5.32 Å². The van der Waals surface area contributed by atoms with Gasteiger partial charge in [0.1, 0.15) is 0 Å². The van der Waals surface area contributed by atoms with E-state index in [9.17, 15) is 31.5 Å². The summed E-state index contributed by atoms with van der Waals surface area (Å²) >= 11 is 0. The van der Waals surface area contributed by atoms with E-state index in [1.54, 1.807) is 5.32 Å². The zero-order valence-corrected chi connectivity index (χ0v) is 10.6. The lowest BCUT2D eigenvalue weighted by molar-refractivity contribution is -0.270. The van der Waals surface area contributed by atoms with E-state index in [1.807, 2.05) is 0 Å². The van der Waals surface area contributed by atoms with Crippen molar-refractivity contribution in [2.24, 2.45) is 5.41 Å². The van der Waals surface area contributed by atoms with Crippen LogP contribution in [0.4, 0.5) is 22.0 Å². The Morgan fingerprint density at radius 1 is 1.20 bits per heavy atom. The van der Waals surface area contributed by atoms with Crippen molar-refractivity contribution in [2.75, 3.05) is 0 Å². The molecule has 2 atom stereocenters. The minimum Gasteiger partial charge on any atom is -0.481 e. The third kappa shape index (κ3) is 2.85. The molecule has 9 heteroatoms. The van der Waals surface area contributed by atoms with Crippen molar-refractivity contribution in [2.45, 2.75) is 50.7 Å². The van der Waals surface area contributed by atoms with Crippen molar-refractivity contribution in [3.8, 4) is 0 Å². The number of aliphatic carboxylic acids is 1. The highest BCUT2D eigenvalue weighted by molar-refractivity contribution is 5.85. The molecular formula is C11H14F5NO3. The number of hydrogen-bond donors (Lipinski definition) is 2. The van der Waals surface area contributed by atoms with Crippen LogP contribution in [0.2, 0.25) is 0 Å². The van der Waals surface area contributed by atoms with Gasteiger partial charge in [-0.2, -0.15) is 22.0 Å². The molecule has 1 aliphatic rings. The van der Waals surface area contributed by atoms with Gasteiger partial charge in [0.25, 0.3) is 0 Å². The van der Waals surface area contributed by atoms with Crippen LogP contribution in [0.3, 0.4) is 0 Å². The third-order valence-electron chi connectivity index (χ3n) is 3.64. The second-order valence-electron chi connectivity index (χ2n) is 5.07. The summed E-state index contributed by atoms with van der Waals surface area (Å²) in [6.07, 6.45) is -4.91. The van der Waals surface area contributed by atoms with E-state index in [-0.39, 0.29) is 12.8 Å². The Morgan fingerprint density at radius 3 is 2.20 bits per heavy atom. The Labute approximate surface area is 111 Å². The lowest BCUT2D eigenvalue weighted by Crippen LogP contribution is -2.58. The summed E-state index contributed by atoms with van der Waals surface area (Å²) in [7, 11) is 0. The van der Waals surface area contributed by atoms with Gasteiger partial charge in [-0.1, -0.05) is 12.8 Å². The summed E-state index contributed by atoms with van der Waals surface area (Å²) < 4.78 is 61.9. The average molecular weight is 303 g/mol.